The quantitative estimate of drug-likeness (QED) is 0.405. The lowest BCUT2D eigenvalue weighted by atomic mass is 10.1. The van der Waals surface area contributed by atoms with E-state index in [0.717, 1.165) is 6.07 Å². The Balaban J connectivity index is 3.39. The molecule has 0 aromatic heterocycles. The predicted molar refractivity (Wildman–Crippen MR) is 74.3 cm³/mol. The molecule has 1 rings (SSSR count). The van der Waals surface area contributed by atoms with Crippen molar-refractivity contribution in [1.82, 2.24) is 0 Å². The largest absolute Gasteiger partial charge is 0.416 e. The molecule has 0 unspecified atom stereocenters. The van der Waals surface area contributed by atoms with Gasteiger partial charge in [-0.05, 0) is 31.5 Å². The molecule has 1 aromatic carbocycles. The zero-order chi connectivity index (χ0) is 17.9. The average Bonchev–Trinajstić information content (AvgIpc) is 2.36. The molecule has 0 atom stereocenters. The van der Waals surface area contributed by atoms with Crippen LogP contribution < -0.4 is 0 Å². The van der Waals surface area contributed by atoms with Crippen LogP contribution in [-0.2, 0) is 36.2 Å². The standard InChI is InChI=1S/C12H15F4O5PS/c1-3-20-22(17,21-4-2)8-9-5-6-10(12(13,14)15)7-11(9)23(16,18)19/h5-7H,3-4,8H2,1-2H3. The lowest BCUT2D eigenvalue weighted by molar-refractivity contribution is -0.137. The third kappa shape index (κ3) is 5.56. The summed E-state index contributed by atoms with van der Waals surface area (Å²) in [6.07, 6.45) is -5.51. The molecule has 0 N–H and O–H groups in total. The van der Waals surface area contributed by atoms with E-state index in [9.17, 15) is 30.0 Å². The fourth-order valence-electron chi connectivity index (χ4n) is 1.82. The molecule has 5 nitrogen and oxygen atoms in total. The Morgan fingerprint density at radius 2 is 1.65 bits per heavy atom. The number of hydrogen-bond donors (Lipinski definition) is 0. The van der Waals surface area contributed by atoms with Crippen LogP contribution >= 0.6 is 7.60 Å². The van der Waals surface area contributed by atoms with Gasteiger partial charge in [0.15, 0.2) is 0 Å². The van der Waals surface area contributed by atoms with Crippen molar-refractivity contribution in [2.75, 3.05) is 13.2 Å². The number of halogens is 4. The van der Waals surface area contributed by atoms with Gasteiger partial charge in [0.05, 0.1) is 24.9 Å². The van der Waals surface area contributed by atoms with Crippen LogP contribution in [0.15, 0.2) is 23.1 Å². The summed E-state index contributed by atoms with van der Waals surface area (Å²) in [4.78, 5) is -1.20. The van der Waals surface area contributed by atoms with Gasteiger partial charge in [-0.25, -0.2) is 0 Å². The fraction of sp³-hybridized carbons (Fsp3) is 0.500. The molecule has 0 aliphatic rings. The van der Waals surface area contributed by atoms with Crippen molar-refractivity contribution in [2.45, 2.75) is 31.1 Å². The molecule has 0 saturated heterocycles. The Bertz CT molecular complexity index is 692. The van der Waals surface area contributed by atoms with Crippen molar-refractivity contribution in [3.8, 4) is 0 Å². The van der Waals surface area contributed by atoms with Crippen molar-refractivity contribution in [3.63, 3.8) is 0 Å². The molecular weight excluding hydrogens is 363 g/mol. The van der Waals surface area contributed by atoms with Crippen molar-refractivity contribution in [2.24, 2.45) is 0 Å². The van der Waals surface area contributed by atoms with Crippen molar-refractivity contribution in [1.29, 1.82) is 0 Å². The van der Waals surface area contributed by atoms with Crippen LogP contribution in [0.5, 0.6) is 0 Å². The van der Waals surface area contributed by atoms with Crippen molar-refractivity contribution in [3.05, 3.63) is 29.3 Å². The Hall–Kier alpha value is -0.960. The van der Waals surface area contributed by atoms with E-state index in [1.54, 1.807) is 0 Å². The number of benzene rings is 1. The summed E-state index contributed by atoms with van der Waals surface area (Å²) in [5.74, 6) is 0. The highest BCUT2D eigenvalue weighted by atomic mass is 32.3. The first kappa shape index (κ1) is 20.1. The molecule has 11 heteroatoms. The molecule has 0 fully saturated rings. The summed E-state index contributed by atoms with van der Waals surface area (Å²) in [5, 5.41) is 0. The highest BCUT2D eigenvalue weighted by molar-refractivity contribution is 7.86. The Morgan fingerprint density at radius 3 is 2.04 bits per heavy atom. The maximum absolute atomic E-state index is 13.3. The molecule has 23 heavy (non-hydrogen) atoms. The first-order valence-electron chi connectivity index (χ1n) is 6.46. The van der Waals surface area contributed by atoms with Crippen LogP contribution in [0.2, 0.25) is 0 Å². The Kier molecular flexibility index (Phi) is 6.37. The second-order valence-electron chi connectivity index (χ2n) is 4.36. The van der Waals surface area contributed by atoms with E-state index in [1.165, 1.54) is 13.8 Å². The third-order valence-corrected chi connectivity index (χ3v) is 5.61. The van der Waals surface area contributed by atoms with Gasteiger partial charge in [-0.15, -0.1) is 3.89 Å². The maximum atomic E-state index is 13.3. The summed E-state index contributed by atoms with van der Waals surface area (Å²) < 4.78 is 95.8. The summed E-state index contributed by atoms with van der Waals surface area (Å²) in [6, 6.07) is 1.49. The highest BCUT2D eigenvalue weighted by Gasteiger charge is 2.34. The third-order valence-electron chi connectivity index (χ3n) is 2.67. The van der Waals surface area contributed by atoms with E-state index in [-0.39, 0.29) is 19.3 Å². The molecule has 0 saturated carbocycles. The van der Waals surface area contributed by atoms with E-state index in [2.05, 4.69) is 0 Å². The molecule has 0 heterocycles. The molecule has 0 aliphatic carbocycles. The SMILES string of the molecule is CCOP(=O)(Cc1ccc(C(F)(F)F)cc1S(=O)(=O)F)OCC. The normalized spacial score (nSPS) is 13.3. The first-order valence-corrected chi connectivity index (χ1v) is 9.57. The van der Waals surface area contributed by atoms with E-state index in [0.29, 0.717) is 6.07 Å². The summed E-state index contributed by atoms with van der Waals surface area (Å²) >= 11 is 0. The second-order valence-corrected chi connectivity index (χ2v) is 7.73. The molecule has 0 aliphatic heterocycles. The zero-order valence-electron chi connectivity index (χ0n) is 12.3. The number of rotatable bonds is 7. The molecular formula is C12H15F4O5PS. The average molecular weight is 378 g/mol. The zero-order valence-corrected chi connectivity index (χ0v) is 14.0. The van der Waals surface area contributed by atoms with Crippen molar-refractivity contribution >= 4 is 17.8 Å². The first-order chi connectivity index (χ1) is 10.4. The highest BCUT2D eigenvalue weighted by Crippen LogP contribution is 2.52. The molecule has 0 amide bonds. The molecule has 0 bridgehead atoms. The van der Waals surface area contributed by atoms with E-state index >= 15 is 0 Å². The molecule has 1 aromatic rings. The van der Waals surface area contributed by atoms with Crippen LogP contribution in [0.3, 0.4) is 0 Å². The van der Waals surface area contributed by atoms with Crippen LogP contribution in [-0.4, -0.2) is 21.6 Å². The van der Waals surface area contributed by atoms with Gasteiger partial charge in [0.2, 0.25) is 0 Å². The molecule has 132 valence electrons. The summed E-state index contributed by atoms with van der Waals surface area (Å²) in [7, 11) is -9.26. The minimum atomic E-state index is -5.45. The van der Waals surface area contributed by atoms with Crippen LogP contribution in [0.1, 0.15) is 25.0 Å². The smallest absolute Gasteiger partial charge is 0.309 e. The van der Waals surface area contributed by atoms with Gasteiger partial charge in [-0.2, -0.15) is 21.6 Å². The van der Waals surface area contributed by atoms with Crippen LogP contribution in [0.4, 0.5) is 17.1 Å². The summed E-state index contributed by atoms with van der Waals surface area (Å²) in [6.45, 7) is 2.95. The lowest BCUT2D eigenvalue weighted by Gasteiger charge is -2.18. The van der Waals surface area contributed by atoms with Gasteiger partial charge in [0.1, 0.15) is 4.90 Å². The van der Waals surface area contributed by atoms with Gasteiger partial charge in [0, 0.05) is 0 Å². The fourth-order valence-corrected chi connectivity index (χ4v) is 4.38. The van der Waals surface area contributed by atoms with Gasteiger partial charge in [-0.1, -0.05) is 6.07 Å². The van der Waals surface area contributed by atoms with Gasteiger partial charge in [-0.3, -0.25) is 4.57 Å². The second kappa shape index (κ2) is 7.29. The Labute approximate surface area is 131 Å². The summed E-state index contributed by atoms with van der Waals surface area (Å²) in [5.41, 5.74) is -1.74. The van der Waals surface area contributed by atoms with E-state index in [1.807, 2.05) is 0 Å². The molecule has 0 spiro atoms. The van der Waals surface area contributed by atoms with E-state index in [4.69, 9.17) is 9.05 Å². The van der Waals surface area contributed by atoms with Gasteiger partial charge < -0.3 is 9.05 Å². The van der Waals surface area contributed by atoms with Crippen LogP contribution in [0, 0.1) is 0 Å². The van der Waals surface area contributed by atoms with Gasteiger partial charge >= 0.3 is 24.0 Å². The maximum Gasteiger partial charge on any atom is 0.416 e. The lowest BCUT2D eigenvalue weighted by Crippen LogP contribution is -2.09. The number of alkyl halides is 3. The van der Waals surface area contributed by atoms with Crippen molar-refractivity contribution < 1.29 is 39.1 Å². The van der Waals surface area contributed by atoms with Gasteiger partial charge in [0.25, 0.3) is 0 Å². The predicted octanol–water partition coefficient (Wildman–Crippen LogP) is 4.13. The Morgan fingerprint density at radius 1 is 1.13 bits per heavy atom. The van der Waals surface area contributed by atoms with E-state index < -0.39 is 46.2 Å². The van der Waals surface area contributed by atoms with Crippen LogP contribution in [0.25, 0.3) is 0 Å². The minimum absolute atomic E-state index is 0.0321. The minimum Gasteiger partial charge on any atom is -0.309 e. The monoisotopic (exact) mass is 378 g/mol. The number of hydrogen-bond acceptors (Lipinski definition) is 5. The molecule has 0 radical (unpaired) electrons. The topological polar surface area (TPSA) is 69.7 Å².